The molecule has 0 saturated heterocycles. The minimum absolute atomic E-state index is 0.242. The molecule has 0 fully saturated rings. The fraction of sp³-hybridized carbons (Fsp3) is 0.125. The van der Waals surface area contributed by atoms with E-state index in [1.807, 2.05) is 30.3 Å². The van der Waals surface area contributed by atoms with Crippen LogP contribution in [-0.4, -0.2) is 12.4 Å². The molecular weight excluding hydrogens is 159 g/mol. The summed E-state index contributed by atoms with van der Waals surface area (Å²) in [7, 11) is 0.242. The predicted octanol–water partition coefficient (Wildman–Crippen LogP) is 1.86. The Morgan fingerprint density at radius 1 is 1.36 bits per heavy atom. The zero-order chi connectivity index (χ0) is 7.94. The molecule has 1 atom stereocenters. The van der Waals surface area contributed by atoms with E-state index in [1.165, 1.54) is 0 Å². The molecule has 0 aliphatic carbocycles. The normalized spacial score (nSPS) is 10.2. The van der Waals surface area contributed by atoms with Crippen LogP contribution < -0.4 is 4.52 Å². The third-order valence-corrected chi connectivity index (χ3v) is 1.81. The van der Waals surface area contributed by atoms with Gasteiger partial charge in [0.25, 0.3) is 0 Å². The van der Waals surface area contributed by atoms with Crippen molar-refractivity contribution >= 4 is 15.1 Å². The van der Waals surface area contributed by atoms with Gasteiger partial charge in [0.2, 0.25) is 0 Å². The van der Waals surface area contributed by atoms with Crippen LogP contribution in [0, 0.1) is 0 Å². The average Bonchev–Trinajstić information content (AvgIpc) is 2.07. The Bertz CT molecular complexity index is 211. The SMILES string of the molecule is O=CCPOc1ccccc1. The molecule has 0 radical (unpaired) electrons. The van der Waals surface area contributed by atoms with Crippen molar-refractivity contribution in [3.05, 3.63) is 30.3 Å². The summed E-state index contributed by atoms with van der Waals surface area (Å²) in [6, 6.07) is 9.48. The largest absolute Gasteiger partial charge is 0.477 e. The van der Waals surface area contributed by atoms with Crippen molar-refractivity contribution < 1.29 is 9.32 Å². The van der Waals surface area contributed by atoms with Crippen molar-refractivity contribution in [1.82, 2.24) is 0 Å². The molecule has 11 heavy (non-hydrogen) atoms. The second kappa shape index (κ2) is 4.86. The molecule has 0 amide bonds. The molecule has 0 heterocycles. The number of hydrogen-bond donors (Lipinski definition) is 0. The van der Waals surface area contributed by atoms with Gasteiger partial charge in [-0.3, -0.25) is 0 Å². The zero-order valence-electron chi connectivity index (χ0n) is 5.99. The number of aldehydes is 1. The molecule has 58 valence electrons. The fourth-order valence-corrected chi connectivity index (χ4v) is 1.10. The summed E-state index contributed by atoms with van der Waals surface area (Å²) in [4.78, 5) is 9.92. The third-order valence-electron chi connectivity index (χ3n) is 1.10. The van der Waals surface area contributed by atoms with Gasteiger partial charge in [-0.2, -0.15) is 0 Å². The minimum Gasteiger partial charge on any atom is -0.477 e. The van der Waals surface area contributed by atoms with Crippen LogP contribution in [0.4, 0.5) is 0 Å². The fourth-order valence-electron chi connectivity index (χ4n) is 0.648. The van der Waals surface area contributed by atoms with Crippen LogP contribution >= 0.6 is 8.81 Å². The Labute approximate surface area is 67.4 Å². The Kier molecular flexibility index (Phi) is 3.63. The van der Waals surface area contributed by atoms with Crippen LogP contribution in [0.2, 0.25) is 0 Å². The number of para-hydroxylation sites is 1. The van der Waals surface area contributed by atoms with E-state index in [1.54, 1.807) is 0 Å². The first-order valence-electron chi connectivity index (χ1n) is 3.32. The van der Waals surface area contributed by atoms with Gasteiger partial charge < -0.3 is 9.32 Å². The molecule has 1 rings (SSSR count). The summed E-state index contributed by atoms with van der Waals surface area (Å²) >= 11 is 0. The summed E-state index contributed by atoms with van der Waals surface area (Å²) in [5.74, 6) is 0.827. The molecule has 3 heteroatoms. The molecule has 0 bridgehead atoms. The molecule has 0 N–H and O–H groups in total. The summed E-state index contributed by atoms with van der Waals surface area (Å²) in [6.45, 7) is 0. The lowest BCUT2D eigenvalue weighted by Crippen LogP contribution is -1.81. The molecule has 0 aliphatic rings. The maximum Gasteiger partial charge on any atom is 0.127 e. The van der Waals surface area contributed by atoms with E-state index in [0.29, 0.717) is 6.16 Å². The Balaban J connectivity index is 2.33. The van der Waals surface area contributed by atoms with E-state index in [9.17, 15) is 4.79 Å². The summed E-state index contributed by atoms with van der Waals surface area (Å²) in [5.41, 5.74) is 0. The van der Waals surface area contributed by atoms with Gasteiger partial charge in [0.1, 0.15) is 12.0 Å². The molecule has 1 aromatic rings. The van der Waals surface area contributed by atoms with Gasteiger partial charge in [-0.25, -0.2) is 0 Å². The summed E-state index contributed by atoms with van der Waals surface area (Å²) in [6.07, 6.45) is 1.34. The Hall–Kier alpha value is -0.880. The predicted molar refractivity (Wildman–Crippen MR) is 46.3 cm³/mol. The first-order valence-corrected chi connectivity index (χ1v) is 4.43. The van der Waals surface area contributed by atoms with Crippen LogP contribution in [0.15, 0.2) is 30.3 Å². The molecular formula is C8H9O2P. The lowest BCUT2D eigenvalue weighted by atomic mass is 10.3. The highest BCUT2D eigenvalue weighted by molar-refractivity contribution is 7.33. The maximum atomic E-state index is 9.92. The van der Waals surface area contributed by atoms with Crippen LogP contribution in [0.1, 0.15) is 0 Å². The third kappa shape index (κ3) is 3.15. The smallest absolute Gasteiger partial charge is 0.127 e. The van der Waals surface area contributed by atoms with Crippen LogP contribution in [-0.2, 0) is 4.79 Å². The zero-order valence-corrected chi connectivity index (χ0v) is 6.99. The monoisotopic (exact) mass is 168 g/mol. The van der Waals surface area contributed by atoms with E-state index in [-0.39, 0.29) is 8.81 Å². The Morgan fingerprint density at radius 2 is 2.09 bits per heavy atom. The van der Waals surface area contributed by atoms with Crippen LogP contribution in [0.3, 0.4) is 0 Å². The van der Waals surface area contributed by atoms with Gasteiger partial charge in [0.15, 0.2) is 0 Å². The second-order valence-corrected chi connectivity index (χ2v) is 2.83. The number of hydrogen-bond acceptors (Lipinski definition) is 2. The van der Waals surface area contributed by atoms with Gasteiger partial charge in [-0.05, 0) is 12.1 Å². The highest BCUT2D eigenvalue weighted by atomic mass is 31.1. The standard InChI is InChI=1S/C8H9O2P/c9-6-7-11-10-8-4-2-1-3-5-8/h1-6,11H,7H2. The highest BCUT2D eigenvalue weighted by Gasteiger charge is 1.88. The number of benzene rings is 1. The molecule has 0 spiro atoms. The van der Waals surface area contributed by atoms with Crippen LogP contribution in [0.25, 0.3) is 0 Å². The first kappa shape index (κ1) is 8.22. The quantitative estimate of drug-likeness (QED) is 0.389. The van der Waals surface area contributed by atoms with Gasteiger partial charge in [0, 0.05) is 0 Å². The molecule has 0 aliphatic heterocycles. The van der Waals surface area contributed by atoms with E-state index >= 15 is 0 Å². The molecule has 1 aromatic carbocycles. The van der Waals surface area contributed by atoms with Gasteiger partial charge in [-0.15, -0.1) is 0 Å². The number of carbonyl (C=O) groups is 1. The summed E-state index contributed by atoms with van der Waals surface area (Å²) < 4.78 is 5.24. The van der Waals surface area contributed by atoms with E-state index in [2.05, 4.69) is 0 Å². The first-order chi connectivity index (χ1) is 5.43. The molecule has 1 unspecified atom stereocenters. The lowest BCUT2D eigenvalue weighted by molar-refractivity contribution is -0.105. The molecule has 0 saturated carbocycles. The number of carbonyl (C=O) groups excluding carboxylic acids is 1. The van der Waals surface area contributed by atoms with Crippen LogP contribution in [0.5, 0.6) is 5.75 Å². The maximum absolute atomic E-state index is 9.92. The molecule has 0 aromatic heterocycles. The van der Waals surface area contributed by atoms with Crippen molar-refractivity contribution in [2.24, 2.45) is 0 Å². The van der Waals surface area contributed by atoms with E-state index in [4.69, 9.17) is 4.52 Å². The van der Waals surface area contributed by atoms with Crippen molar-refractivity contribution in [1.29, 1.82) is 0 Å². The van der Waals surface area contributed by atoms with Gasteiger partial charge in [0.05, 0.1) is 15.0 Å². The topological polar surface area (TPSA) is 26.3 Å². The van der Waals surface area contributed by atoms with Gasteiger partial charge >= 0.3 is 0 Å². The van der Waals surface area contributed by atoms with E-state index < -0.39 is 0 Å². The molecule has 2 nitrogen and oxygen atoms in total. The van der Waals surface area contributed by atoms with Gasteiger partial charge in [-0.1, -0.05) is 18.2 Å². The van der Waals surface area contributed by atoms with Crippen molar-refractivity contribution in [2.45, 2.75) is 0 Å². The second-order valence-electron chi connectivity index (χ2n) is 1.93. The summed E-state index contributed by atoms with van der Waals surface area (Å²) in [5, 5.41) is 0. The van der Waals surface area contributed by atoms with Crippen molar-refractivity contribution in [3.8, 4) is 5.75 Å². The Morgan fingerprint density at radius 3 is 2.73 bits per heavy atom. The minimum atomic E-state index is 0.242. The van der Waals surface area contributed by atoms with Crippen molar-refractivity contribution in [3.63, 3.8) is 0 Å². The van der Waals surface area contributed by atoms with Crippen molar-refractivity contribution in [2.75, 3.05) is 6.16 Å². The average molecular weight is 168 g/mol. The lowest BCUT2D eigenvalue weighted by Gasteiger charge is -2.00. The highest BCUT2D eigenvalue weighted by Crippen LogP contribution is 2.18. The van der Waals surface area contributed by atoms with E-state index in [0.717, 1.165) is 12.0 Å². The number of rotatable bonds is 4.